The SMILES string of the molecule is CCCC/C(C)=C/C(CC(=O)c1ccccc1)c1ccccc1. The molecule has 120 valence electrons. The van der Waals surface area contributed by atoms with Crippen LogP contribution in [0.5, 0.6) is 0 Å². The van der Waals surface area contributed by atoms with Gasteiger partial charge in [-0.25, -0.2) is 0 Å². The van der Waals surface area contributed by atoms with Gasteiger partial charge in [0.25, 0.3) is 0 Å². The van der Waals surface area contributed by atoms with E-state index in [1.807, 2.05) is 48.5 Å². The Kier molecular flexibility index (Phi) is 6.80. The molecule has 1 heteroatoms. The highest BCUT2D eigenvalue weighted by Crippen LogP contribution is 2.26. The molecule has 0 heterocycles. The lowest BCUT2D eigenvalue weighted by molar-refractivity contribution is 0.0978. The van der Waals surface area contributed by atoms with Crippen LogP contribution in [0.2, 0.25) is 0 Å². The molecule has 0 amide bonds. The highest BCUT2D eigenvalue weighted by atomic mass is 16.1. The van der Waals surface area contributed by atoms with E-state index in [-0.39, 0.29) is 11.7 Å². The minimum Gasteiger partial charge on any atom is -0.294 e. The van der Waals surface area contributed by atoms with Gasteiger partial charge in [0.2, 0.25) is 0 Å². The van der Waals surface area contributed by atoms with Crippen LogP contribution in [0.1, 0.15) is 61.4 Å². The predicted molar refractivity (Wildman–Crippen MR) is 97.9 cm³/mol. The number of allylic oxidation sites excluding steroid dienone is 2. The second kappa shape index (κ2) is 9.09. The summed E-state index contributed by atoms with van der Waals surface area (Å²) in [6.07, 6.45) is 6.32. The third kappa shape index (κ3) is 5.52. The lowest BCUT2D eigenvalue weighted by Crippen LogP contribution is -2.06. The number of hydrogen-bond acceptors (Lipinski definition) is 1. The normalized spacial score (nSPS) is 12.9. The fraction of sp³-hybridized carbons (Fsp3) is 0.318. The summed E-state index contributed by atoms with van der Waals surface area (Å²) in [6.45, 7) is 4.39. The molecular weight excluding hydrogens is 280 g/mol. The van der Waals surface area contributed by atoms with Crippen molar-refractivity contribution in [2.75, 3.05) is 0 Å². The van der Waals surface area contributed by atoms with Crippen LogP contribution in [0.3, 0.4) is 0 Å². The maximum Gasteiger partial charge on any atom is 0.163 e. The predicted octanol–water partition coefficient (Wildman–Crippen LogP) is 6.18. The molecule has 2 aromatic rings. The van der Waals surface area contributed by atoms with Crippen LogP contribution < -0.4 is 0 Å². The van der Waals surface area contributed by atoms with Gasteiger partial charge in [0.1, 0.15) is 0 Å². The van der Waals surface area contributed by atoms with Gasteiger partial charge in [0.15, 0.2) is 5.78 Å². The third-order valence-electron chi connectivity index (χ3n) is 4.14. The molecule has 23 heavy (non-hydrogen) atoms. The molecule has 0 aromatic heterocycles. The van der Waals surface area contributed by atoms with E-state index in [4.69, 9.17) is 0 Å². The summed E-state index contributed by atoms with van der Waals surface area (Å²) in [5.74, 6) is 0.361. The Hall–Kier alpha value is -2.15. The van der Waals surface area contributed by atoms with Gasteiger partial charge in [0.05, 0.1) is 0 Å². The van der Waals surface area contributed by atoms with Crippen LogP contribution in [0, 0.1) is 0 Å². The topological polar surface area (TPSA) is 17.1 Å². The second-order valence-electron chi connectivity index (χ2n) is 6.13. The molecule has 0 fully saturated rings. The van der Waals surface area contributed by atoms with Crippen molar-refractivity contribution in [1.82, 2.24) is 0 Å². The van der Waals surface area contributed by atoms with Gasteiger partial charge < -0.3 is 0 Å². The molecule has 0 saturated carbocycles. The highest BCUT2D eigenvalue weighted by molar-refractivity contribution is 5.96. The smallest absolute Gasteiger partial charge is 0.163 e. The van der Waals surface area contributed by atoms with Gasteiger partial charge in [-0.1, -0.05) is 85.7 Å². The van der Waals surface area contributed by atoms with Crippen molar-refractivity contribution in [3.8, 4) is 0 Å². The lowest BCUT2D eigenvalue weighted by Gasteiger charge is -2.14. The van der Waals surface area contributed by atoms with Gasteiger partial charge in [-0.3, -0.25) is 4.79 Å². The molecule has 0 aliphatic rings. The van der Waals surface area contributed by atoms with Crippen LogP contribution in [-0.2, 0) is 0 Å². The monoisotopic (exact) mass is 306 g/mol. The molecule has 0 radical (unpaired) electrons. The lowest BCUT2D eigenvalue weighted by atomic mass is 9.89. The maximum atomic E-state index is 12.6. The zero-order valence-corrected chi connectivity index (χ0v) is 14.2. The first-order valence-corrected chi connectivity index (χ1v) is 8.51. The summed E-state index contributed by atoms with van der Waals surface area (Å²) in [5.41, 5.74) is 3.39. The van der Waals surface area contributed by atoms with Crippen LogP contribution in [0.25, 0.3) is 0 Å². The van der Waals surface area contributed by atoms with E-state index >= 15 is 0 Å². The number of benzene rings is 2. The zero-order chi connectivity index (χ0) is 16.5. The standard InChI is InChI=1S/C22H26O/c1-3-4-11-18(2)16-21(19-12-7-5-8-13-19)17-22(23)20-14-9-6-10-15-20/h5-10,12-16,21H,3-4,11,17H2,1-2H3/b18-16+. The molecule has 1 atom stereocenters. The van der Waals surface area contributed by atoms with E-state index < -0.39 is 0 Å². The summed E-state index contributed by atoms with van der Waals surface area (Å²) in [4.78, 5) is 12.6. The fourth-order valence-corrected chi connectivity index (χ4v) is 2.80. The van der Waals surface area contributed by atoms with E-state index in [1.54, 1.807) is 0 Å². The molecular formula is C22H26O. The Morgan fingerprint density at radius 3 is 2.22 bits per heavy atom. The van der Waals surface area contributed by atoms with Crippen molar-refractivity contribution < 1.29 is 4.79 Å². The Bertz CT molecular complexity index is 626. The third-order valence-corrected chi connectivity index (χ3v) is 4.14. The van der Waals surface area contributed by atoms with E-state index in [1.165, 1.54) is 24.0 Å². The average Bonchev–Trinajstić information content (AvgIpc) is 2.61. The Balaban J connectivity index is 2.19. The van der Waals surface area contributed by atoms with Crippen molar-refractivity contribution in [3.05, 3.63) is 83.4 Å². The van der Waals surface area contributed by atoms with Gasteiger partial charge in [-0.05, 0) is 25.3 Å². The minimum atomic E-state index is 0.153. The number of carbonyl (C=O) groups is 1. The molecule has 0 aliphatic carbocycles. The van der Waals surface area contributed by atoms with E-state index in [2.05, 4.69) is 32.1 Å². The van der Waals surface area contributed by atoms with E-state index in [0.29, 0.717) is 6.42 Å². The second-order valence-corrected chi connectivity index (χ2v) is 6.13. The van der Waals surface area contributed by atoms with Crippen molar-refractivity contribution in [3.63, 3.8) is 0 Å². The zero-order valence-electron chi connectivity index (χ0n) is 14.2. The highest BCUT2D eigenvalue weighted by Gasteiger charge is 2.15. The quantitative estimate of drug-likeness (QED) is 0.420. The molecule has 1 nitrogen and oxygen atoms in total. The van der Waals surface area contributed by atoms with Crippen molar-refractivity contribution in [2.45, 2.75) is 45.4 Å². The number of unbranched alkanes of at least 4 members (excludes halogenated alkanes) is 1. The van der Waals surface area contributed by atoms with Crippen molar-refractivity contribution in [2.24, 2.45) is 0 Å². The maximum absolute atomic E-state index is 12.6. The minimum absolute atomic E-state index is 0.153. The van der Waals surface area contributed by atoms with Crippen LogP contribution in [0.4, 0.5) is 0 Å². The van der Waals surface area contributed by atoms with Gasteiger partial charge in [-0.15, -0.1) is 0 Å². The number of hydrogen-bond donors (Lipinski definition) is 0. The van der Waals surface area contributed by atoms with Crippen LogP contribution in [-0.4, -0.2) is 5.78 Å². The first-order chi connectivity index (χ1) is 11.2. The summed E-state index contributed by atoms with van der Waals surface area (Å²) in [7, 11) is 0. The van der Waals surface area contributed by atoms with E-state index in [0.717, 1.165) is 12.0 Å². The number of rotatable bonds is 8. The van der Waals surface area contributed by atoms with Gasteiger partial charge >= 0.3 is 0 Å². The van der Waals surface area contributed by atoms with E-state index in [9.17, 15) is 4.79 Å². The largest absolute Gasteiger partial charge is 0.294 e. The summed E-state index contributed by atoms with van der Waals surface area (Å²) in [5, 5.41) is 0. The average molecular weight is 306 g/mol. The van der Waals surface area contributed by atoms with Crippen molar-refractivity contribution in [1.29, 1.82) is 0 Å². The molecule has 0 spiro atoms. The Labute approximate surface area is 140 Å². The molecule has 0 saturated heterocycles. The number of carbonyl (C=O) groups excluding carboxylic acids is 1. The molecule has 1 unspecified atom stereocenters. The van der Waals surface area contributed by atoms with Gasteiger partial charge in [-0.2, -0.15) is 0 Å². The molecule has 0 N–H and O–H groups in total. The van der Waals surface area contributed by atoms with Crippen LogP contribution in [0.15, 0.2) is 72.3 Å². The first kappa shape index (κ1) is 17.2. The molecule has 2 aromatic carbocycles. The first-order valence-electron chi connectivity index (χ1n) is 8.51. The number of ketones is 1. The summed E-state index contributed by atoms with van der Waals surface area (Å²) < 4.78 is 0. The summed E-state index contributed by atoms with van der Waals surface area (Å²) >= 11 is 0. The fourth-order valence-electron chi connectivity index (χ4n) is 2.80. The van der Waals surface area contributed by atoms with Gasteiger partial charge in [0, 0.05) is 17.9 Å². The van der Waals surface area contributed by atoms with Crippen molar-refractivity contribution >= 4 is 5.78 Å². The molecule has 0 bridgehead atoms. The Morgan fingerprint density at radius 2 is 1.61 bits per heavy atom. The summed E-state index contributed by atoms with van der Waals surface area (Å²) in [6, 6.07) is 19.9. The Morgan fingerprint density at radius 1 is 1.00 bits per heavy atom. The van der Waals surface area contributed by atoms with Crippen LogP contribution >= 0.6 is 0 Å². The molecule has 0 aliphatic heterocycles. The number of Topliss-reactive ketones (excluding diaryl/α,β-unsaturated/α-hetero) is 1. The molecule has 2 rings (SSSR count).